The summed E-state index contributed by atoms with van der Waals surface area (Å²) in [6.07, 6.45) is 9.30. The molecule has 0 amide bonds. The molecular formula is C23H25N5O2. The van der Waals surface area contributed by atoms with Crippen LogP contribution in [-0.4, -0.2) is 46.5 Å². The second-order valence-electron chi connectivity index (χ2n) is 8.00. The van der Waals surface area contributed by atoms with Gasteiger partial charge in [-0.05, 0) is 36.6 Å². The van der Waals surface area contributed by atoms with E-state index in [9.17, 15) is 4.79 Å². The Morgan fingerprint density at radius 1 is 1.03 bits per heavy atom. The molecule has 7 nitrogen and oxygen atoms in total. The van der Waals surface area contributed by atoms with Crippen LogP contribution in [0, 0.1) is 0 Å². The van der Waals surface area contributed by atoms with E-state index in [2.05, 4.69) is 15.2 Å². The fourth-order valence-electron chi connectivity index (χ4n) is 3.81. The van der Waals surface area contributed by atoms with Crippen molar-refractivity contribution in [2.24, 2.45) is 0 Å². The van der Waals surface area contributed by atoms with Gasteiger partial charge in [0.15, 0.2) is 11.6 Å². The van der Waals surface area contributed by atoms with E-state index < -0.39 is 0 Å². The Morgan fingerprint density at radius 2 is 1.83 bits per heavy atom. The summed E-state index contributed by atoms with van der Waals surface area (Å²) in [6, 6.07) is 10.2. The lowest BCUT2D eigenvalue weighted by Gasteiger charge is -2.33. The van der Waals surface area contributed by atoms with E-state index in [1.165, 1.54) is 12.8 Å². The van der Waals surface area contributed by atoms with Gasteiger partial charge in [0.2, 0.25) is 0 Å². The Balaban J connectivity index is 1.27. The first kappa shape index (κ1) is 18.8. The minimum atomic E-state index is 0.174. The molecule has 3 heterocycles. The van der Waals surface area contributed by atoms with E-state index in [1.54, 1.807) is 12.4 Å². The van der Waals surface area contributed by atoms with Gasteiger partial charge in [0.25, 0.3) is 0 Å². The molecule has 1 saturated carbocycles. The Kier molecular flexibility index (Phi) is 5.17. The van der Waals surface area contributed by atoms with Gasteiger partial charge in [0, 0.05) is 44.6 Å². The topological polar surface area (TPSA) is 80.2 Å². The number of fused-ring (bicyclic) bond motifs is 1. The predicted molar refractivity (Wildman–Crippen MR) is 116 cm³/mol. The van der Waals surface area contributed by atoms with Crippen molar-refractivity contribution in [3.63, 3.8) is 0 Å². The maximum Gasteiger partial charge on any atom is 0.172 e. The van der Waals surface area contributed by atoms with Crippen molar-refractivity contribution in [1.82, 2.24) is 15.0 Å². The zero-order chi connectivity index (χ0) is 20.3. The molecule has 2 fully saturated rings. The van der Waals surface area contributed by atoms with Crippen LogP contribution < -0.4 is 15.0 Å². The van der Waals surface area contributed by atoms with E-state index in [4.69, 9.17) is 14.7 Å². The number of nitrogens with zero attached hydrogens (tertiary/aromatic N) is 4. The normalized spacial score (nSPS) is 17.1. The number of hydrogen-bond donors (Lipinski definition) is 1. The number of ether oxygens (including phenoxy) is 1. The fourth-order valence-corrected chi connectivity index (χ4v) is 3.81. The molecule has 0 spiro atoms. The number of rotatable bonds is 7. The van der Waals surface area contributed by atoms with Crippen LogP contribution in [0.2, 0.25) is 0 Å². The highest BCUT2D eigenvalue weighted by molar-refractivity contribution is 5.80. The monoisotopic (exact) mass is 403 g/mol. The Bertz CT molecular complexity index is 1030. The molecule has 0 bridgehead atoms. The third-order valence-corrected chi connectivity index (χ3v) is 5.65. The molecule has 5 rings (SSSR count). The fraction of sp³-hybridized carbons (Fsp3) is 0.391. The lowest BCUT2D eigenvalue weighted by molar-refractivity contribution is -0.107. The van der Waals surface area contributed by atoms with Crippen LogP contribution in [0.25, 0.3) is 11.0 Å². The molecular weight excluding hydrogens is 378 g/mol. The van der Waals surface area contributed by atoms with E-state index in [0.29, 0.717) is 12.5 Å². The molecule has 30 heavy (non-hydrogen) atoms. The van der Waals surface area contributed by atoms with E-state index in [1.807, 2.05) is 30.3 Å². The highest BCUT2D eigenvalue weighted by Crippen LogP contribution is 2.32. The number of anilines is 2. The molecule has 2 aliphatic rings. The van der Waals surface area contributed by atoms with Crippen molar-refractivity contribution in [1.29, 1.82) is 0 Å². The van der Waals surface area contributed by atoms with Crippen LogP contribution >= 0.6 is 0 Å². The third kappa shape index (κ3) is 4.20. The average Bonchev–Trinajstić information content (AvgIpc) is 3.60. The first-order chi connectivity index (χ1) is 14.8. The van der Waals surface area contributed by atoms with Crippen molar-refractivity contribution in [3.05, 3.63) is 48.3 Å². The van der Waals surface area contributed by atoms with Gasteiger partial charge in [-0.25, -0.2) is 9.97 Å². The molecule has 3 aromatic rings. The highest BCUT2D eigenvalue weighted by Gasteiger charge is 2.28. The summed E-state index contributed by atoms with van der Waals surface area (Å²) in [5.41, 5.74) is 2.70. The number of pyridine rings is 1. The minimum absolute atomic E-state index is 0.174. The molecule has 154 valence electrons. The number of carbonyl (C=O) groups is 1. The van der Waals surface area contributed by atoms with E-state index >= 15 is 0 Å². The predicted octanol–water partition coefficient (Wildman–Crippen LogP) is 3.39. The van der Waals surface area contributed by atoms with Crippen molar-refractivity contribution < 1.29 is 9.53 Å². The maximum absolute atomic E-state index is 10.6. The van der Waals surface area contributed by atoms with Gasteiger partial charge in [-0.3, -0.25) is 4.98 Å². The number of benzene rings is 1. The molecule has 0 radical (unpaired) electrons. The molecule has 1 aliphatic heterocycles. The zero-order valence-corrected chi connectivity index (χ0v) is 16.8. The van der Waals surface area contributed by atoms with Crippen LogP contribution in [-0.2, 0) is 11.2 Å². The Hall–Kier alpha value is -3.22. The number of carbonyl (C=O) groups excluding carboxylic acids is 1. The van der Waals surface area contributed by atoms with Crippen LogP contribution in [0.1, 0.15) is 31.2 Å². The standard InChI is InChI=1S/C23H25N5O2/c29-14-10-16-1-5-18(6-2-16)30-19-8-12-28(13-9-19)23-22(25-17-3-4-17)26-20-7-11-24-15-21(20)27-23/h1-2,5-7,11,14-15,17,19H,3-4,8-10,12-13H2,(H,25,26). The van der Waals surface area contributed by atoms with Gasteiger partial charge in [-0.15, -0.1) is 0 Å². The zero-order valence-electron chi connectivity index (χ0n) is 16.8. The molecule has 1 aliphatic carbocycles. The number of hydrogen-bond acceptors (Lipinski definition) is 7. The molecule has 1 aromatic carbocycles. The second-order valence-corrected chi connectivity index (χ2v) is 8.00. The van der Waals surface area contributed by atoms with Crippen molar-refractivity contribution >= 4 is 29.0 Å². The number of aldehydes is 1. The lowest BCUT2D eigenvalue weighted by Crippen LogP contribution is -2.39. The van der Waals surface area contributed by atoms with Crippen molar-refractivity contribution in [3.8, 4) is 5.75 Å². The summed E-state index contributed by atoms with van der Waals surface area (Å²) in [7, 11) is 0. The van der Waals surface area contributed by atoms with Crippen LogP contribution in [0.5, 0.6) is 5.75 Å². The van der Waals surface area contributed by atoms with Gasteiger partial charge < -0.3 is 19.7 Å². The van der Waals surface area contributed by atoms with Gasteiger partial charge in [-0.2, -0.15) is 0 Å². The number of nitrogens with one attached hydrogen (secondary N) is 1. The highest BCUT2D eigenvalue weighted by atomic mass is 16.5. The van der Waals surface area contributed by atoms with Crippen LogP contribution in [0.4, 0.5) is 11.6 Å². The first-order valence-corrected chi connectivity index (χ1v) is 10.6. The average molecular weight is 403 g/mol. The summed E-state index contributed by atoms with van der Waals surface area (Å²) in [5.74, 6) is 2.65. The Labute approximate surface area is 175 Å². The quantitative estimate of drug-likeness (QED) is 0.606. The molecule has 0 unspecified atom stereocenters. The number of aromatic nitrogens is 3. The largest absolute Gasteiger partial charge is 0.490 e. The third-order valence-electron chi connectivity index (χ3n) is 5.65. The summed E-state index contributed by atoms with van der Waals surface area (Å²) >= 11 is 0. The number of piperidine rings is 1. The molecule has 1 N–H and O–H groups in total. The lowest BCUT2D eigenvalue weighted by atomic mass is 10.1. The molecule has 0 atom stereocenters. The summed E-state index contributed by atoms with van der Waals surface area (Å²) in [6.45, 7) is 1.74. The summed E-state index contributed by atoms with van der Waals surface area (Å²) in [5, 5.41) is 3.55. The van der Waals surface area contributed by atoms with E-state index in [0.717, 1.165) is 66.2 Å². The first-order valence-electron chi connectivity index (χ1n) is 10.6. The van der Waals surface area contributed by atoms with E-state index in [-0.39, 0.29) is 6.10 Å². The van der Waals surface area contributed by atoms with Crippen LogP contribution in [0.15, 0.2) is 42.7 Å². The summed E-state index contributed by atoms with van der Waals surface area (Å²) < 4.78 is 6.17. The molecule has 1 saturated heterocycles. The second kappa shape index (κ2) is 8.26. The maximum atomic E-state index is 10.6. The minimum Gasteiger partial charge on any atom is -0.490 e. The van der Waals surface area contributed by atoms with Crippen molar-refractivity contribution in [2.75, 3.05) is 23.3 Å². The van der Waals surface area contributed by atoms with Gasteiger partial charge >= 0.3 is 0 Å². The molecule has 2 aromatic heterocycles. The van der Waals surface area contributed by atoms with Gasteiger partial charge in [0.05, 0.1) is 11.7 Å². The van der Waals surface area contributed by atoms with Crippen molar-refractivity contribution in [2.45, 2.75) is 44.2 Å². The summed E-state index contributed by atoms with van der Waals surface area (Å²) in [4.78, 5) is 26.8. The smallest absolute Gasteiger partial charge is 0.172 e. The Morgan fingerprint density at radius 3 is 2.57 bits per heavy atom. The SMILES string of the molecule is O=CCc1ccc(OC2CCN(c3nc4cnccc4nc3NC3CC3)CC2)cc1. The molecule has 7 heteroatoms. The van der Waals surface area contributed by atoms with Gasteiger partial charge in [0.1, 0.15) is 23.7 Å². The van der Waals surface area contributed by atoms with Crippen LogP contribution in [0.3, 0.4) is 0 Å². The van der Waals surface area contributed by atoms with Gasteiger partial charge in [-0.1, -0.05) is 12.1 Å².